The van der Waals surface area contributed by atoms with Gasteiger partial charge in [-0.25, -0.2) is 0 Å². The summed E-state index contributed by atoms with van der Waals surface area (Å²) in [6.45, 7) is 8.68. The summed E-state index contributed by atoms with van der Waals surface area (Å²) < 4.78 is 43.2. The van der Waals surface area contributed by atoms with Crippen molar-refractivity contribution >= 4 is 11.7 Å². The van der Waals surface area contributed by atoms with Gasteiger partial charge in [0.15, 0.2) is 0 Å². The molecule has 0 spiro atoms. The van der Waals surface area contributed by atoms with Crippen molar-refractivity contribution in [3.63, 3.8) is 0 Å². The van der Waals surface area contributed by atoms with Gasteiger partial charge >= 0.3 is 5.97 Å². The van der Waals surface area contributed by atoms with E-state index in [-0.39, 0.29) is 12.6 Å². The average Bonchev–Trinajstić information content (AvgIpc) is 2.88. The third-order valence-corrected chi connectivity index (χ3v) is 4.71. The number of esters is 1. The maximum absolute atomic E-state index is 11.4. The van der Waals surface area contributed by atoms with Gasteiger partial charge in [0.2, 0.25) is 0 Å². The molecular formula is C26H45NO9. The molecule has 0 aliphatic heterocycles. The van der Waals surface area contributed by atoms with Gasteiger partial charge in [0.1, 0.15) is 19.0 Å². The standard InChI is InChI=1S/C26H45NO9/c1-2-3-4-5-26(28)36-23-21-34-19-17-32-15-13-30-11-10-29-12-14-31-16-18-33-20-22-35-25-8-6-24(27)7-9-25/h6-9H,2-5,10-23,27H2,1H3. The van der Waals surface area contributed by atoms with Gasteiger partial charge in [0.25, 0.3) is 0 Å². The molecule has 0 fully saturated rings. The second-order valence-electron chi connectivity index (χ2n) is 7.77. The summed E-state index contributed by atoms with van der Waals surface area (Å²) >= 11 is 0. The smallest absolute Gasteiger partial charge is 0.305 e. The number of hydrogen-bond donors (Lipinski definition) is 1. The van der Waals surface area contributed by atoms with Gasteiger partial charge in [-0.2, -0.15) is 0 Å². The van der Waals surface area contributed by atoms with Crippen molar-refractivity contribution < 1.29 is 42.7 Å². The van der Waals surface area contributed by atoms with Crippen molar-refractivity contribution in [1.82, 2.24) is 0 Å². The molecule has 0 saturated carbocycles. The zero-order valence-electron chi connectivity index (χ0n) is 21.8. The molecule has 0 amide bonds. The monoisotopic (exact) mass is 515 g/mol. The highest BCUT2D eigenvalue weighted by molar-refractivity contribution is 5.69. The lowest BCUT2D eigenvalue weighted by Gasteiger charge is -2.09. The molecule has 10 nitrogen and oxygen atoms in total. The summed E-state index contributed by atoms with van der Waals surface area (Å²) in [6.07, 6.45) is 3.51. The topological polar surface area (TPSA) is 117 Å². The van der Waals surface area contributed by atoms with E-state index in [1.807, 2.05) is 12.1 Å². The molecule has 10 heteroatoms. The molecule has 0 aromatic heterocycles. The third kappa shape index (κ3) is 21.3. The Balaban J connectivity index is 1.68. The Kier molecular flexibility index (Phi) is 22.0. The van der Waals surface area contributed by atoms with Crippen LogP contribution in [0.15, 0.2) is 24.3 Å². The van der Waals surface area contributed by atoms with Gasteiger partial charge in [0.05, 0.1) is 79.3 Å². The summed E-state index contributed by atoms with van der Waals surface area (Å²) in [4.78, 5) is 11.4. The van der Waals surface area contributed by atoms with E-state index in [1.54, 1.807) is 12.1 Å². The van der Waals surface area contributed by atoms with Crippen LogP contribution in [-0.4, -0.2) is 98.5 Å². The quantitative estimate of drug-likeness (QED) is 0.112. The molecule has 0 unspecified atom stereocenters. The molecule has 208 valence electrons. The first-order valence-corrected chi connectivity index (χ1v) is 12.8. The summed E-state index contributed by atoms with van der Waals surface area (Å²) in [5.41, 5.74) is 6.34. The fourth-order valence-corrected chi connectivity index (χ4v) is 2.79. The van der Waals surface area contributed by atoms with Crippen molar-refractivity contribution in [2.75, 3.05) is 98.2 Å². The predicted molar refractivity (Wildman–Crippen MR) is 136 cm³/mol. The molecule has 0 atom stereocenters. The molecule has 0 saturated heterocycles. The second-order valence-corrected chi connectivity index (χ2v) is 7.77. The molecule has 1 aromatic carbocycles. The first-order valence-electron chi connectivity index (χ1n) is 12.8. The number of carbonyl (C=O) groups is 1. The van der Waals surface area contributed by atoms with E-state index in [1.165, 1.54) is 0 Å². The number of benzene rings is 1. The Morgan fingerprint density at radius 2 is 1.03 bits per heavy atom. The zero-order valence-corrected chi connectivity index (χ0v) is 21.8. The molecule has 1 rings (SSSR count). The van der Waals surface area contributed by atoms with Gasteiger partial charge in [-0.05, 0) is 30.7 Å². The highest BCUT2D eigenvalue weighted by atomic mass is 16.6. The molecule has 0 aliphatic carbocycles. The SMILES string of the molecule is CCCCCC(=O)OCCOCCOCCOCCOCCOCCOCCOc1ccc(N)cc1. The molecule has 1 aromatic rings. The van der Waals surface area contributed by atoms with E-state index in [9.17, 15) is 4.79 Å². The van der Waals surface area contributed by atoms with Gasteiger partial charge in [0, 0.05) is 12.1 Å². The van der Waals surface area contributed by atoms with Crippen LogP contribution in [0.25, 0.3) is 0 Å². The summed E-state index contributed by atoms with van der Waals surface area (Å²) in [5.74, 6) is 0.614. The van der Waals surface area contributed by atoms with E-state index in [0.29, 0.717) is 98.0 Å². The average molecular weight is 516 g/mol. The van der Waals surface area contributed by atoms with Gasteiger partial charge < -0.3 is 43.6 Å². The van der Waals surface area contributed by atoms with Gasteiger partial charge in [-0.3, -0.25) is 4.79 Å². The van der Waals surface area contributed by atoms with Crippen molar-refractivity contribution in [2.24, 2.45) is 0 Å². The van der Waals surface area contributed by atoms with E-state index in [4.69, 9.17) is 43.6 Å². The number of carbonyl (C=O) groups excluding carboxylic acids is 1. The molecule has 2 N–H and O–H groups in total. The van der Waals surface area contributed by atoms with E-state index < -0.39 is 0 Å². The first-order chi connectivity index (χ1) is 17.7. The predicted octanol–water partition coefficient (Wildman–Crippen LogP) is 2.87. The fraction of sp³-hybridized carbons (Fsp3) is 0.731. The van der Waals surface area contributed by atoms with Crippen LogP contribution in [0, 0.1) is 0 Å². The Hall–Kier alpha value is -1.95. The fourth-order valence-electron chi connectivity index (χ4n) is 2.79. The second kappa shape index (κ2) is 24.7. The van der Waals surface area contributed by atoms with Crippen LogP contribution in [0.4, 0.5) is 5.69 Å². The summed E-state index contributed by atoms with van der Waals surface area (Å²) in [6, 6.07) is 7.25. The zero-order chi connectivity index (χ0) is 25.9. The number of anilines is 1. The van der Waals surface area contributed by atoms with E-state index in [0.717, 1.165) is 25.0 Å². The van der Waals surface area contributed by atoms with Gasteiger partial charge in [-0.15, -0.1) is 0 Å². The minimum absolute atomic E-state index is 0.157. The number of rotatable bonds is 26. The molecular weight excluding hydrogens is 470 g/mol. The normalized spacial score (nSPS) is 11.0. The highest BCUT2D eigenvalue weighted by Crippen LogP contribution is 2.12. The van der Waals surface area contributed by atoms with Crippen LogP contribution in [0.3, 0.4) is 0 Å². The lowest BCUT2D eigenvalue weighted by molar-refractivity contribution is -0.145. The Morgan fingerprint density at radius 3 is 1.47 bits per heavy atom. The van der Waals surface area contributed by atoms with Crippen molar-refractivity contribution in [3.05, 3.63) is 24.3 Å². The van der Waals surface area contributed by atoms with Crippen molar-refractivity contribution in [1.29, 1.82) is 0 Å². The van der Waals surface area contributed by atoms with Crippen LogP contribution in [0.1, 0.15) is 32.6 Å². The molecule has 0 bridgehead atoms. The van der Waals surface area contributed by atoms with Crippen LogP contribution in [0.5, 0.6) is 5.75 Å². The van der Waals surface area contributed by atoms with Crippen LogP contribution < -0.4 is 10.5 Å². The molecule has 0 radical (unpaired) electrons. The number of nitrogens with two attached hydrogens (primary N) is 1. The van der Waals surface area contributed by atoms with Gasteiger partial charge in [-0.1, -0.05) is 19.8 Å². The van der Waals surface area contributed by atoms with E-state index >= 15 is 0 Å². The van der Waals surface area contributed by atoms with Crippen molar-refractivity contribution in [2.45, 2.75) is 32.6 Å². The largest absolute Gasteiger partial charge is 0.491 e. The maximum atomic E-state index is 11.4. The molecule has 0 heterocycles. The van der Waals surface area contributed by atoms with Crippen LogP contribution >= 0.6 is 0 Å². The third-order valence-electron chi connectivity index (χ3n) is 4.71. The van der Waals surface area contributed by atoms with Crippen molar-refractivity contribution in [3.8, 4) is 5.75 Å². The number of nitrogen functional groups attached to an aromatic ring is 1. The lowest BCUT2D eigenvalue weighted by atomic mass is 10.2. The molecule has 0 aliphatic rings. The Bertz CT molecular complexity index is 616. The van der Waals surface area contributed by atoms with E-state index in [2.05, 4.69) is 6.92 Å². The lowest BCUT2D eigenvalue weighted by Crippen LogP contribution is -2.15. The number of hydrogen-bond acceptors (Lipinski definition) is 10. The summed E-state index contributed by atoms with van der Waals surface area (Å²) in [7, 11) is 0. The Morgan fingerprint density at radius 1 is 0.611 bits per heavy atom. The summed E-state index contributed by atoms with van der Waals surface area (Å²) in [5, 5.41) is 0. The number of unbranched alkanes of at least 4 members (excludes halogenated alkanes) is 2. The maximum Gasteiger partial charge on any atom is 0.305 e. The highest BCUT2D eigenvalue weighted by Gasteiger charge is 2.01. The van der Waals surface area contributed by atoms with Crippen LogP contribution in [-0.2, 0) is 38.0 Å². The Labute approximate surface area is 215 Å². The number of ether oxygens (including phenoxy) is 8. The minimum atomic E-state index is -0.157. The van der Waals surface area contributed by atoms with Crippen LogP contribution in [0.2, 0.25) is 0 Å². The first kappa shape index (κ1) is 32.1. The molecule has 36 heavy (non-hydrogen) atoms. The minimum Gasteiger partial charge on any atom is -0.491 e.